The Bertz CT molecular complexity index is 602. The van der Waals surface area contributed by atoms with Crippen LogP contribution in [0.1, 0.15) is 29.8 Å². The molecule has 5 heteroatoms. The summed E-state index contributed by atoms with van der Waals surface area (Å²) in [7, 11) is 0. The number of hydrogen-bond donors (Lipinski definition) is 1. The summed E-state index contributed by atoms with van der Waals surface area (Å²) in [5.74, 6) is 4.53. The highest BCUT2D eigenvalue weighted by atomic mass is 19.1. The van der Waals surface area contributed by atoms with E-state index in [1.807, 2.05) is 13.8 Å². The SMILES string of the molecule is CC1(C)CN(C(=O)c2ccc(C#CCN)c(F)c2)CCO1. The summed E-state index contributed by atoms with van der Waals surface area (Å²) in [6.07, 6.45) is 0. The van der Waals surface area contributed by atoms with Crippen molar-refractivity contribution in [3.8, 4) is 11.8 Å². The maximum absolute atomic E-state index is 13.9. The van der Waals surface area contributed by atoms with Crippen LogP contribution in [0.25, 0.3) is 0 Å². The number of nitrogens with two attached hydrogens (primary N) is 1. The first kappa shape index (κ1) is 15.5. The van der Waals surface area contributed by atoms with Gasteiger partial charge in [0.25, 0.3) is 5.91 Å². The van der Waals surface area contributed by atoms with E-state index < -0.39 is 5.82 Å². The van der Waals surface area contributed by atoms with E-state index in [2.05, 4.69) is 11.8 Å². The van der Waals surface area contributed by atoms with Gasteiger partial charge in [-0.05, 0) is 32.0 Å². The van der Waals surface area contributed by atoms with Gasteiger partial charge in [-0.2, -0.15) is 0 Å². The number of carbonyl (C=O) groups is 1. The number of benzene rings is 1. The van der Waals surface area contributed by atoms with Crippen molar-refractivity contribution in [3.63, 3.8) is 0 Å². The molecule has 2 rings (SSSR count). The topological polar surface area (TPSA) is 55.6 Å². The quantitative estimate of drug-likeness (QED) is 0.795. The standard InChI is InChI=1S/C16H19FN2O2/c1-16(2)11-19(8-9-21-16)15(20)13-6-5-12(4-3-7-18)14(17)10-13/h5-6,10H,7-9,11,18H2,1-2H3. The molecule has 21 heavy (non-hydrogen) atoms. The Hall–Kier alpha value is -1.90. The van der Waals surface area contributed by atoms with Crippen molar-refractivity contribution < 1.29 is 13.9 Å². The van der Waals surface area contributed by atoms with Gasteiger partial charge in [-0.1, -0.05) is 11.8 Å². The molecule has 1 aromatic rings. The Balaban J connectivity index is 2.18. The second-order valence-corrected chi connectivity index (χ2v) is 5.54. The van der Waals surface area contributed by atoms with Gasteiger partial charge in [-0.15, -0.1) is 0 Å². The molecule has 1 saturated heterocycles. The van der Waals surface area contributed by atoms with Crippen LogP contribution in [-0.2, 0) is 4.74 Å². The molecule has 1 aliphatic rings. The maximum Gasteiger partial charge on any atom is 0.254 e. The molecule has 1 fully saturated rings. The van der Waals surface area contributed by atoms with Crippen LogP contribution in [0.5, 0.6) is 0 Å². The molecule has 1 aliphatic heterocycles. The van der Waals surface area contributed by atoms with E-state index in [0.717, 1.165) is 0 Å². The van der Waals surface area contributed by atoms with Crippen molar-refractivity contribution in [2.75, 3.05) is 26.2 Å². The molecule has 0 bridgehead atoms. The number of hydrogen-bond acceptors (Lipinski definition) is 3. The third-order valence-electron chi connectivity index (χ3n) is 3.25. The van der Waals surface area contributed by atoms with Crippen LogP contribution < -0.4 is 5.73 Å². The minimum absolute atomic E-state index is 0.170. The first-order valence-corrected chi connectivity index (χ1v) is 6.85. The molecule has 2 N–H and O–H groups in total. The lowest BCUT2D eigenvalue weighted by Gasteiger charge is -2.38. The van der Waals surface area contributed by atoms with Crippen molar-refractivity contribution in [3.05, 3.63) is 35.1 Å². The largest absolute Gasteiger partial charge is 0.372 e. The van der Waals surface area contributed by atoms with E-state index in [-0.39, 0.29) is 23.6 Å². The molecule has 1 heterocycles. The van der Waals surface area contributed by atoms with Gasteiger partial charge in [0.2, 0.25) is 0 Å². The maximum atomic E-state index is 13.9. The molecule has 1 aromatic carbocycles. The predicted molar refractivity (Wildman–Crippen MR) is 78.3 cm³/mol. The summed E-state index contributed by atoms with van der Waals surface area (Å²) in [5, 5.41) is 0. The first-order chi connectivity index (χ1) is 9.93. The first-order valence-electron chi connectivity index (χ1n) is 6.85. The van der Waals surface area contributed by atoms with Crippen LogP contribution in [-0.4, -0.2) is 42.6 Å². The fourth-order valence-electron chi connectivity index (χ4n) is 2.27. The van der Waals surface area contributed by atoms with Crippen molar-refractivity contribution in [1.82, 2.24) is 4.90 Å². The molecule has 1 amide bonds. The van der Waals surface area contributed by atoms with Crippen molar-refractivity contribution >= 4 is 5.91 Å². The fourth-order valence-corrected chi connectivity index (χ4v) is 2.27. The number of morpholine rings is 1. The molecule has 0 atom stereocenters. The third-order valence-corrected chi connectivity index (χ3v) is 3.25. The van der Waals surface area contributed by atoms with Crippen LogP contribution in [0, 0.1) is 17.7 Å². The van der Waals surface area contributed by atoms with Crippen molar-refractivity contribution in [2.45, 2.75) is 19.4 Å². The van der Waals surface area contributed by atoms with E-state index in [1.165, 1.54) is 12.1 Å². The summed E-state index contributed by atoms with van der Waals surface area (Å²) in [6.45, 7) is 5.52. The Morgan fingerprint density at radius 2 is 2.29 bits per heavy atom. The Morgan fingerprint density at radius 1 is 1.52 bits per heavy atom. The number of amides is 1. The zero-order valence-electron chi connectivity index (χ0n) is 12.3. The second kappa shape index (κ2) is 6.25. The summed E-state index contributed by atoms with van der Waals surface area (Å²) in [6, 6.07) is 4.33. The van der Waals surface area contributed by atoms with E-state index in [0.29, 0.717) is 25.3 Å². The normalized spacial score (nSPS) is 17.0. The Morgan fingerprint density at radius 3 is 2.90 bits per heavy atom. The van der Waals surface area contributed by atoms with E-state index in [1.54, 1.807) is 11.0 Å². The number of rotatable bonds is 1. The fraction of sp³-hybridized carbons (Fsp3) is 0.438. The minimum atomic E-state index is -0.505. The zero-order chi connectivity index (χ0) is 15.5. The van der Waals surface area contributed by atoms with Crippen LogP contribution >= 0.6 is 0 Å². The smallest absolute Gasteiger partial charge is 0.254 e. The molecule has 0 saturated carbocycles. The average Bonchev–Trinajstić information content (AvgIpc) is 2.44. The predicted octanol–water partition coefficient (Wildman–Crippen LogP) is 1.39. The minimum Gasteiger partial charge on any atom is -0.372 e. The summed E-state index contributed by atoms with van der Waals surface area (Å²) in [4.78, 5) is 14.1. The summed E-state index contributed by atoms with van der Waals surface area (Å²) >= 11 is 0. The Kier molecular flexibility index (Phi) is 4.61. The van der Waals surface area contributed by atoms with Gasteiger partial charge in [0.05, 0.1) is 24.3 Å². The number of carbonyl (C=O) groups excluding carboxylic acids is 1. The molecular formula is C16H19FN2O2. The van der Waals surface area contributed by atoms with Crippen LogP contribution in [0.15, 0.2) is 18.2 Å². The average molecular weight is 290 g/mol. The van der Waals surface area contributed by atoms with Gasteiger partial charge in [-0.3, -0.25) is 4.79 Å². The van der Waals surface area contributed by atoms with Gasteiger partial charge in [0.1, 0.15) is 5.82 Å². The highest BCUT2D eigenvalue weighted by molar-refractivity contribution is 5.94. The van der Waals surface area contributed by atoms with Crippen molar-refractivity contribution in [1.29, 1.82) is 0 Å². The highest BCUT2D eigenvalue weighted by Crippen LogP contribution is 2.19. The van der Waals surface area contributed by atoms with Gasteiger partial charge in [0.15, 0.2) is 0 Å². The van der Waals surface area contributed by atoms with E-state index in [4.69, 9.17) is 10.5 Å². The van der Waals surface area contributed by atoms with Crippen LogP contribution in [0.4, 0.5) is 4.39 Å². The number of ether oxygens (including phenoxy) is 1. The highest BCUT2D eigenvalue weighted by Gasteiger charge is 2.30. The van der Waals surface area contributed by atoms with Crippen molar-refractivity contribution in [2.24, 2.45) is 5.73 Å². The molecule has 0 aliphatic carbocycles. The molecule has 112 valence electrons. The van der Waals surface area contributed by atoms with Gasteiger partial charge >= 0.3 is 0 Å². The van der Waals surface area contributed by atoms with E-state index >= 15 is 0 Å². The monoisotopic (exact) mass is 290 g/mol. The number of nitrogens with zero attached hydrogens (tertiary/aromatic N) is 1. The summed E-state index contributed by atoms with van der Waals surface area (Å²) < 4.78 is 19.5. The zero-order valence-corrected chi connectivity index (χ0v) is 12.3. The molecule has 4 nitrogen and oxygen atoms in total. The molecule has 0 unspecified atom stereocenters. The van der Waals surface area contributed by atoms with Crippen LogP contribution in [0.2, 0.25) is 0 Å². The second-order valence-electron chi connectivity index (χ2n) is 5.54. The molecular weight excluding hydrogens is 271 g/mol. The molecule has 0 spiro atoms. The molecule has 0 radical (unpaired) electrons. The molecule has 0 aromatic heterocycles. The van der Waals surface area contributed by atoms with Gasteiger partial charge in [0, 0.05) is 18.7 Å². The lowest BCUT2D eigenvalue weighted by Crippen LogP contribution is -2.50. The summed E-state index contributed by atoms with van der Waals surface area (Å²) in [5.41, 5.74) is 5.45. The lowest BCUT2D eigenvalue weighted by molar-refractivity contribution is -0.0764. The lowest BCUT2D eigenvalue weighted by atomic mass is 10.1. The van der Waals surface area contributed by atoms with Crippen LogP contribution in [0.3, 0.4) is 0 Å². The van der Waals surface area contributed by atoms with E-state index in [9.17, 15) is 9.18 Å². The van der Waals surface area contributed by atoms with Gasteiger partial charge in [-0.25, -0.2) is 4.39 Å². The third kappa shape index (κ3) is 3.81. The Labute approximate surface area is 124 Å². The van der Waals surface area contributed by atoms with Gasteiger partial charge < -0.3 is 15.4 Å². The number of halogens is 1.